The summed E-state index contributed by atoms with van der Waals surface area (Å²) in [6.07, 6.45) is 2.38. The normalized spacial score (nSPS) is 19.0. The van der Waals surface area contributed by atoms with Crippen LogP contribution in [0.2, 0.25) is 0 Å². The van der Waals surface area contributed by atoms with Crippen molar-refractivity contribution in [3.63, 3.8) is 0 Å². The Morgan fingerprint density at radius 1 is 1.41 bits per heavy atom. The van der Waals surface area contributed by atoms with Crippen molar-refractivity contribution in [1.29, 1.82) is 0 Å². The van der Waals surface area contributed by atoms with Crippen molar-refractivity contribution >= 4 is 11.8 Å². The maximum atomic E-state index is 9.50. The SMILES string of the molecule is CC(O)C(C)Sc1cccc(CNC2CC2)c1. The Hall–Kier alpha value is -0.510. The summed E-state index contributed by atoms with van der Waals surface area (Å²) >= 11 is 1.74. The van der Waals surface area contributed by atoms with E-state index in [9.17, 15) is 5.11 Å². The van der Waals surface area contributed by atoms with Crippen LogP contribution in [0.25, 0.3) is 0 Å². The lowest BCUT2D eigenvalue weighted by Gasteiger charge is -2.14. The molecule has 1 aromatic rings. The summed E-state index contributed by atoms with van der Waals surface area (Å²) in [5, 5.41) is 13.3. The van der Waals surface area contributed by atoms with E-state index in [2.05, 4.69) is 36.5 Å². The lowest BCUT2D eigenvalue weighted by atomic mass is 10.2. The number of hydrogen-bond acceptors (Lipinski definition) is 3. The van der Waals surface area contributed by atoms with Crippen molar-refractivity contribution in [2.45, 2.75) is 55.5 Å². The molecular weight excluding hydrogens is 230 g/mol. The Bertz CT molecular complexity index is 363. The highest BCUT2D eigenvalue weighted by Crippen LogP contribution is 2.26. The van der Waals surface area contributed by atoms with Crippen molar-refractivity contribution in [3.05, 3.63) is 29.8 Å². The zero-order valence-electron chi connectivity index (χ0n) is 10.5. The van der Waals surface area contributed by atoms with Gasteiger partial charge >= 0.3 is 0 Å². The fourth-order valence-corrected chi connectivity index (χ4v) is 2.59. The molecule has 17 heavy (non-hydrogen) atoms. The van der Waals surface area contributed by atoms with Crippen LogP contribution in [-0.4, -0.2) is 22.5 Å². The van der Waals surface area contributed by atoms with Crippen molar-refractivity contribution in [2.24, 2.45) is 0 Å². The molecule has 0 aromatic heterocycles. The Balaban J connectivity index is 1.90. The molecule has 3 heteroatoms. The molecule has 0 aliphatic heterocycles. The van der Waals surface area contributed by atoms with Gasteiger partial charge in [0.2, 0.25) is 0 Å². The smallest absolute Gasteiger partial charge is 0.0631 e. The first-order valence-corrected chi connectivity index (χ1v) is 7.20. The Kier molecular flexibility index (Phi) is 4.48. The number of rotatable bonds is 6. The molecule has 0 amide bonds. The zero-order chi connectivity index (χ0) is 12.3. The number of hydrogen-bond donors (Lipinski definition) is 2. The van der Waals surface area contributed by atoms with E-state index in [0.29, 0.717) is 0 Å². The third kappa shape index (κ3) is 4.34. The zero-order valence-corrected chi connectivity index (χ0v) is 11.3. The van der Waals surface area contributed by atoms with Crippen LogP contribution in [0.15, 0.2) is 29.2 Å². The highest BCUT2D eigenvalue weighted by Gasteiger charge is 2.19. The Labute approximate surface area is 108 Å². The quantitative estimate of drug-likeness (QED) is 0.763. The van der Waals surface area contributed by atoms with Crippen LogP contribution in [0, 0.1) is 0 Å². The molecular formula is C14H21NOS. The minimum absolute atomic E-state index is 0.238. The van der Waals surface area contributed by atoms with Gasteiger partial charge in [0, 0.05) is 22.7 Å². The molecule has 0 heterocycles. The second-order valence-electron chi connectivity index (χ2n) is 4.87. The predicted molar refractivity (Wildman–Crippen MR) is 73.3 cm³/mol. The summed E-state index contributed by atoms with van der Waals surface area (Å²) in [7, 11) is 0. The Morgan fingerprint density at radius 3 is 2.82 bits per heavy atom. The molecule has 2 nitrogen and oxygen atoms in total. The maximum Gasteiger partial charge on any atom is 0.0631 e. The van der Waals surface area contributed by atoms with Crippen LogP contribution in [0.3, 0.4) is 0 Å². The molecule has 1 aliphatic carbocycles. The third-order valence-electron chi connectivity index (χ3n) is 3.07. The third-order valence-corrected chi connectivity index (χ3v) is 4.36. The molecule has 0 saturated heterocycles. The lowest BCUT2D eigenvalue weighted by molar-refractivity contribution is 0.196. The number of aliphatic hydroxyl groups is 1. The predicted octanol–water partition coefficient (Wildman–Crippen LogP) is 2.80. The van der Waals surface area contributed by atoms with E-state index in [1.165, 1.54) is 23.3 Å². The van der Waals surface area contributed by atoms with Gasteiger partial charge in [0.15, 0.2) is 0 Å². The molecule has 2 atom stereocenters. The molecule has 1 saturated carbocycles. The van der Waals surface area contributed by atoms with E-state index >= 15 is 0 Å². The van der Waals surface area contributed by atoms with Crippen LogP contribution in [0.4, 0.5) is 0 Å². The fraction of sp³-hybridized carbons (Fsp3) is 0.571. The molecule has 1 fully saturated rings. The molecule has 94 valence electrons. The average molecular weight is 251 g/mol. The van der Waals surface area contributed by atoms with E-state index in [1.54, 1.807) is 11.8 Å². The van der Waals surface area contributed by atoms with Crippen LogP contribution in [0.5, 0.6) is 0 Å². The largest absolute Gasteiger partial charge is 0.392 e. The topological polar surface area (TPSA) is 32.3 Å². The first kappa shape index (κ1) is 12.9. The summed E-state index contributed by atoms with van der Waals surface area (Å²) in [5.41, 5.74) is 1.33. The van der Waals surface area contributed by atoms with Gasteiger partial charge in [-0.05, 0) is 37.5 Å². The standard InChI is InChI=1S/C14H21NOS/c1-10(16)11(2)17-14-5-3-4-12(8-14)9-15-13-6-7-13/h3-5,8,10-11,13,15-16H,6-7,9H2,1-2H3. The number of nitrogens with one attached hydrogen (secondary N) is 1. The van der Waals surface area contributed by atoms with E-state index < -0.39 is 0 Å². The van der Waals surface area contributed by atoms with Crippen LogP contribution < -0.4 is 5.32 Å². The highest BCUT2D eigenvalue weighted by molar-refractivity contribution is 8.00. The molecule has 0 bridgehead atoms. The van der Waals surface area contributed by atoms with Crippen LogP contribution in [0.1, 0.15) is 32.3 Å². The van der Waals surface area contributed by atoms with Crippen molar-refractivity contribution < 1.29 is 5.11 Å². The summed E-state index contributed by atoms with van der Waals surface area (Å²) in [5.74, 6) is 0. The second kappa shape index (κ2) is 5.89. The van der Waals surface area contributed by atoms with Gasteiger partial charge < -0.3 is 10.4 Å². The lowest BCUT2D eigenvalue weighted by Crippen LogP contribution is -2.16. The molecule has 1 aromatic carbocycles. The molecule has 2 rings (SSSR count). The Morgan fingerprint density at radius 2 is 2.18 bits per heavy atom. The summed E-state index contributed by atoms with van der Waals surface area (Å²) < 4.78 is 0. The van der Waals surface area contributed by atoms with E-state index in [0.717, 1.165) is 12.6 Å². The van der Waals surface area contributed by atoms with E-state index in [4.69, 9.17) is 0 Å². The van der Waals surface area contributed by atoms with Gasteiger partial charge in [-0.1, -0.05) is 19.1 Å². The summed E-state index contributed by atoms with van der Waals surface area (Å²) in [6.45, 7) is 4.86. The van der Waals surface area contributed by atoms with Gasteiger partial charge in [-0.15, -0.1) is 11.8 Å². The number of aliphatic hydroxyl groups excluding tert-OH is 1. The summed E-state index contributed by atoms with van der Waals surface area (Å²) in [4.78, 5) is 1.24. The van der Waals surface area contributed by atoms with Gasteiger partial charge in [-0.25, -0.2) is 0 Å². The monoisotopic (exact) mass is 251 g/mol. The molecule has 0 radical (unpaired) electrons. The van der Waals surface area contributed by atoms with Crippen molar-refractivity contribution in [3.8, 4) is 0 Å². The van der Waals surface area contributed by atoms with E-state index in [-0.39, 0.29) is 11.4 Å². The average Bonchev–Trinajstić information content (AvgIpc) is 3.10. The molecule has 1 aliphatic rings. The molecule has 0 spiro atoms. The first-order valence-electron chi connectivity index (χ1n) is 6.32. The minimum atomic E-state index is -0.270. The first-order chi connectivity index (χ1) is 8.15. The van der Waals surface area contributed by atoms with Crippen molar-refractivity contribution in [2.75, 3.05) is 0 Å². The fourth-order valence-electron chi connectivity index (χ4n) is 1.59. The van der Waals surface area contributed by atoms with E-state index in [1.807, 2.05) is 6.92 Å². The highest BCUT2D eigenvalue weighted by atomic mass is 32.2. The maximum absolute atomic E-state index is 9.50. The molecule has 2 unspecified atom stereocenters. The minimum Gasteiger partial charge on any atom is -0.392 e. The molecule has 2 N–H and O–H groups in total. The van der Waals surface area contributed by atoms with Gasteiger partial charge in [0.05, 0.1) is 6.10 Å². The van der Waals surface area contributed by atoms with Crippen LogP contribution in [-0.2, 0) is 6.54 Å². The van der Waals surface area contributed by atoms with Crippen molar-refractivity contribution in [1.82, 2.24) is 5.32 Å². The summed E-state index contributed by atoms with van der Waals surface area (Å²) in [6, 6.07) is 9.35. The van der Waals surface area contributed by atoms with Gasteiger partial charge in [0.1, 0.15) is 0 Å². The number of thioether (sulfide) groups is 1. The second-order valence-corrected chi connectivity index (χ2v) is 6.32. The van der Waals surface area contributed by atoms with Crippen LogP contribution >= 0.6 is 11.8 Å². The van der Waals surface area contributed by atoms with Gasteiger partial charge in [-0.2, -0.15) is 0 Å². The van der Waals surface area contributed by atoms with Gasteiger partial charge in [-0.3, -0.25) is 0 Å². The van der Waals surface area contributed by atoms with Gasteiger partial charge in [0.25, 0.3) is 0 Å². The number of benzene rings is 1.